The molecule has 1 amide bonds. The third-order valence-corrected chi connectivity index (χ3v) is 3.65. The first-order valence-corrected chi connectivity index (χ1v) is 7.00. The molecule has 4 nitrogen and oxygen atoms in total. The van der Waals surface area contributed by atoms with E-state index in [4.69, 9.17) is 5.73 Å². The number of benzene rings is 1. The van der Waals surface area contributed by atoms with Gasteiger partial charge in [0.25, 0.3) is 0 Å². The zero-order chi connectivity index (χ0) is 15.3. The first-order chi connectivity index (χ1) is 10.0. The fourth-order valence-electron chi connectivity index (χ4n) is 2.25. The molecule has 0 bridgehead atoms. The lowest BCUT2D eigenvalue weighted by molar-refractivity contribution is -0.135. The summed E-state index contributed by atoms with van der Waals surface area (Å²) in [5.41, 5.74) is 7.22. The van der Waals surface area contributed by atoms with Crippen molar-refractivity contribution in [3.63, 3.8) is 0 Å². The summed E-state index contributed by atoms with van der Waals surface area (Å²) in [6.45, 7) is 2.38. The Kier molecular flexibility index (Phi) is 8.83. The Morgan fingerprint density at radius 2 is 1.70 bits per heavy atom. The number of hydrogen-bond acceptors (Lipinski definition) is 3. The van der Waals surface area contributed by atoms with Crippen LogP contribution in [0.5, 0.6) is 0 Å². The van der Waals surface area contributed by atoms with Gasteiger partial charge in [-0.25, -0.2) is 0 Å². The molecule has 126 valence electrons. The zero-order valence-electron chi connectivity index (χ0n) is 13.3. The van der Waals surface area contributed by atoms with E-state index in [-0.39, 0.29) is 30.7 Å². The van der Waals surface area contributed by atoms with Crippen LogP contribution >= 0.6 is 24.8 Å². The van der Waals surface area contributed by atoms with Crippen molar-refractivity contribution in [2.75, 3.05) is 13.6 Å². The average Bonchev–Trinajstić information content (AvgIpc) is 2.53. The number of halogens is 2. The predicted molar refractivity (Wildman–Crippen MR) is 98.1 cm³/mol. The molecule has 6 heteroatoms. The lowest BCUT2D eigenvalue weighted by Crippen LogP contribution is -2.50. The van der Waals surface area contributed by atoms with Crippen LogP contribution in [-0.2, 0) is 16.8 Å². The number of carbonyl (C=O) groups is 1. The Labute approximate surface area is 149 Å². The summed E-state index contributed by atoms with van der Waals surface area (Å²) < 4.78 is 0. The van der Waals surface area contributed by atoms with Crippen LogP contribution < -0.4 is 5.73 Å². The maximum absolute atomic E-state index is 12.6. The summed E-state index contributed by atoms with van der Waals surface area (Å²) in [5, 5.41) is 0. The van der Waals surface area contributed by atoms with Gasteiger partial charge in [0.15, 0.2) is 0 Å². The van der Waals surface area contributed by atoms with Gasteiger partial charge in [-0.15, -0.1) is 24.8 Å². The highest BCUT2D eigenvalue weighted by Gasteiger charge is 2.32. The topological polar surface area (TPSA) is 59.2 Å². The van der Waals surface area contributed by atoms with Crippen LogP contribution in [0.15, 0.2) is 54.9 Å². The zero-order valence-corrected chi connectivity index (χ0v) is 14.9. The van der Waals surface area contributed by atoms with Crippen molar-refractivity contribution >= 4 is 30.7 Å². The van der Waals surface area contributed by atoms with Gasteiger partial charge in [-0.1, -0.05) is 30.3 Å². The molecule has 1 aromatic heterocycles. The Morgan fingerprint density at radius 3 is 2.26 bits per heavy atom. The molecule has 0 saturated heterocycles. The van der Waals surface area contributed by atoms with Crippen LogP contribution in [0.4, 0.5) is 0 Å². The standard InChI is InChI=1S/C17H21N3O.2ClH/c1-17(18,15-6-4-3-5-7-15)16(21)20(2)13-10-14-8-11-19-12-9-14;;/h3-9,11-12H,10,13,18H2,1-2H3;2*1H. The predicted octanol–water partition coefficient (Wildman–Crippen LogP) is 2.80. The number of aromatic nitrogens is 1. The van der Waals surface area contributed by atoms with E-state index >= 15 is 0 Å². The Bertz CT molecular complexity index is 591. The number of rotatable bonds is 5. The van der Waals surface area contributed by atoms with Crippen molar-refractivity contribution in [2.45, 2.75) is 18.9 Å². The smallest absolute Gasteiger partial charge is 0.246 e. The number of hydrogen-bond donors (Lipinski definition) is 1. The molecule has 2 aromatic rings. The third kappa shape index (κ3) is 5.50. The molecule has 0 spiro atoms. The highest BCUT2D eigenvalue weighted by molar-refractivity contribution is 5.87. The second kappa shape index (κ2) is 9.50. The van der Waals surface area contributed by atoms with E-state index in [0.29, 0.717) is 6.54 Å². The second-order valence-corrected chi connectivity index (χ2v) is 5.40. The largest absolute Gasteiger partial charge is 0.344 e. The Hall–Kier alpha value is -1.62. The number of pyridine rings is 1. The van der Waals surface area contributed by atoms with Crippen LogP contribution in [0.3, 0.4) is 0 Å². The molecule has 2 rings (SSSR count). The minimum absolute atomic E-state index is 0. The lowest BCUT2D eigenvalue weighted by Gasteiger charge is -2.29. The molecule has 1 unspecified atom stereocenters. The van der Waals surface area contributed by atoms with E-state index in [2.05, 4.69) is 4.98 Å². The van der Waals surface area contributed by atoms with E-state index in [0.717, 1.165) is 17.5 Å². The Balaban J connectivity index is 0.00000242. The van der Waals surface area contributed by atoms with Gasteiger partial charge < -0.3 is 10.6 Å². The summed E-state index contributed by atoms with van der Waals surface area (Å²) in [6.07, 6.45) is 4.30. The number of carbonyl (C=O) groups excluding carboxylic acids is 1. The summed E-state index contributed by atoms with van der Waals surface area (Å²) in [6, 6.07) is 13.4. The molecule has 2 N–H and O–H groups in total. The fraction of sp³-hybridized carbons (Fsp3) is 0.294. The van der Waals surface area contributed by atoms with Crippen LogP contribution in [0.2, 0.25) is 0 Å². The fourth-order valence-corrected chi connectivity index (χ4v) is 2.25. The van der Waals surface area contributed by atoms with Gasteiger partial charge in [0.1, 0.15) is 5.54 Å². The number of likely N-dealkylation sites (N-methyl/N-ethyl adjacent to an activating group) is 1. The van der Waals surface area contributed by atoms with Gasteiger partial charge >= 0.3 is 0 Å². The van der Waals surface area contributed by atoms with Crippen molar-refractivity contribution in [3.05, 3.63) is 66.0 Å². The van der Waals surface area contributed by atoms with Crippen molar-refractivity contribution in [3.8, 4) is 0 Å². The summed E-state index contributed by atoms with van der Waals surface area (Å²) >= 11 is 0. The quantitative estimate of drug-likeness (QED) is 0.896. The molecular weight excluding hydrogens is 333 g/mol. The van der Waals surface area contributed by atoms with E-state index in [1.165, 1.54) is 0 Å². The molecule has 1 aromatic carbocycles. The van der Waals surface area contributed by atoms with E-state index in [1.54, 1.807) is 31.3 Å². The SMILES string of the molecule is CN(CCc1ccncc1)C(=O)C(C)(N)c1ccccc1.Cl.Cl. The van der Waals surface area contributed by atoms with Crippen LogP contribution in [0.25, 0.3) is 0 Å². The Morgan fingerprint density at radius 1 is 1.13 bits per heavy atom. The number of amides is 1. The van der Waals surface area contributed by atoms with Gasteiger partial charge in [0.05, 0.1) is 0 Å². The van der Waals surface area contributed by atoms with Crippen molar-refractivity contribution in [1.82, 2.24) is 9.88 Å². The normalized spacial score (nSPS) is 12.3. The van der Waals surface area contributed by atoms with Crippen molar-refractivity contribution in [1.29, 1.82) is 0 Å². The van der Waals surface area contributed by atoms with E-state index < -0.39 is 5.54 Å². The first kappa shape index (κ1) is 21.4. The van der Waals surface area contributed by atoms with Gasteiger partial charge in [0, 0.05) is 26.0 Å². The monoisotopic (exact) mass is 355 g/mol. The van der Waals surface area contributed by atoms with Gasteiger partial charge in [-0.2, -0.15) is 0 Å². The van der Waals surface area contributed by atoms with E-state index in [1.807, 2.05) is 42.5 Å². The molecule has 1 atom stereocenters. The molecule has 23 heavy (non-hydrogen) atoms. The molecule has 0 fully saturated rings. The average molecular weight is 356 g/mol. The van der Waals surface area contributed by atoms with Crippen molar-refractivity contribution in [2.24, 2.45) is 5.73 Å². The summed E-state index contributed by atoms with van der Waals surface area (Å²) in [4.78, 5) is 18.2. The molecule has 0 saturated carbocycles. The highest BCUT2D eigenvalue weighted by Crippen LogP contribution is 2.19. The molecular formula is C17H23Cl2N3O. The lowest BCUT2D eigenvalue weighted by atomic mass is 9.91. The van der Waals surface area contributed by atoms with E-state index in [9.17, 15) is 4.79 Å². The minimum Gasteiger partial charge on any atom is -0.344 e. The first-order valence-electron chi connectivity index (χ1n) is 7.00. The number of nitrogens with two attached hydrogens (primary N) is 1. The van der Waals surface area contributed by atoms with Crippen LogP contribution in [-0.4, -0.2) is 29.4 Å². The third-order valence-electron chi connectivity index (χ3n) is 3.65. The van der Waals surface area contributed by atoms with Gasteiger partial charge in [-0.3, -0.25) is 9.78 Å². The van der Waals surface area contributed by atoms with Crippen molar-refractivity contribution < 1.29 is 4.79 Å². The maximum Gasteiger partial charge on any atom is 0.246 e. The summed E-state index contributed by atoms with van der Waals surface area (Å²) in [5.74, 6) is -0.0808. The maximum atomic E-state index is 12.6. The molecule has 1 heterocycles. The second-order valence-electron chi connectivity index (χ2n) is 5.40. The van der Waals surface area contributed by atoms with Gasteiger partial charge in [-0.05, 0) is 36.6 Å². The van der Waals surface area contributed by atoms with Gasteiger partial charge in [0.2, 0.25) is 5.91 Å². The van der Waals surface area contributed by atoms with Crippen LogP contribution in [0, 0.1) is 0 Å². The molecule has 0 aliphatic rings. The molecule has 0 radical (unpaired) electrons. The molecule has 0 aliphatic heterocycles. The highest BCUT2D eigenvalue weighted by atomic mass is 35.5. The summed E-state index contributed by atoms with van der Waals surface area (Å²) in [7, 11) is 1.79. The van der Waals surface area contributed by atoms with Crippen LogP contribution in [0.1, 0.15) is 18.1 Å². The minimum atomic E-state index is -1.01. The number of nitrogens with zero attached hydrogens (tertiary/aromatic N) is 2. The molecule has 0 aliphatic carbocycles.